The first kappa shape index (κ1) is 28.1. The van der Waals surface area contributed by atoms with Gasteiger partial charge in [-0.1, -0.05) is 120 Å². The molecule has 0 aromatic rings. The highest BCUT2D eigenvalue weighted by Gasteiger charge is 2.52. The van der Waals surface area contributed by atoms with E-state index in [4.69, 9.17) is 0 Å². The first-order valence-corrected chi connectivity index (χ1v) is 24.2. The Bertz CT molecular complexity index is 379. The first-order chi connectivity index (χ1) is 10.2. The zero-order valence-electron chi connectivity index (χ0n) is 21.5. The van der Waals surface area contributed by atoms with Crippen LogP contribution in [0, 0.1) is 0 Å². The molecular formula is C21H54Si4. The molecule has 0 bridgehead atoms. The van der Waals surface area contributed by atoms with Crippen molar-refractivity contribution in [2.75, 3.05) is 0 Å². The molecule has 0 unspecified atom stereocenters. The minimum absolute atomic E-state index is 0.518. The summed E-state index contributed by atoms with van der Waals surface area (Å²) in [6, 6.07) is 0. The van der Waals surface area contributed by atoms with E-state index in [-0.39, 0.29) is 0 Å². The lowest BCUT2D eigenvalue weighted by Gasteiger charge is -2.55. The molecule has 0 saturated heterocycles. The molecule has 154 valence electrons. The average molecular weight is 419 g/mol. The average Bonchev–Trinajstić information content (AvgIpc) is 2.23. The van der Waals surface area contributed by atoms with Gasteiger partial charge in [-0.25, -0.2) is 0 Å². The summed E-state index contributed by atoms with van der Waals surface area (Å²) in [6.07, 6.45) is 0. The molecule has 25 heavy (non-hydrogen) atoms. The number of rotatable bonds is 5. The second-order valence-electron chi connectivity index (χ2n) is 13.9. The van der Waals surface area contributed by atoms with Gasteiger partial charge in [0.15, 0.2) is 0 Å². The Morgan fingerprint density at radius 2 is 0.480 bits per heavy atom. The molecule has 0 heterocycles. The van der Waals surface area contributed by atoms with Crippen LogP contribution in [0.3, 0.4) is 0 Å². The van der Waals surface area contributed by atoms with Crippen LogP contribution in [0.5, 0.6) is 0 Å². The van der Waals surface area contributed by atoms with Gasteiger partial charge >= 0.3 is 0 Å². The molecule has 0 fully saturated rings. The maximum atomic E-state index is 2.51. The fourth-order valence-corrected chi connectivity index (χ4v) is 18.0. The van der Waals surface area contributed by atoms with Gasteiger partial charge in [0.2, 0.25) is 0 Å². The normalized spacial score (nSPS) is 15.6. The Balaban J connectivity index is 0. The zero-order valence-corrected chi connectivity index (χ0v) is 25.5. The smallest absolute Gasteiger partial charge is 0.0501 e. The Morgan fingerprint density at radius 3 is 0.520 bits per heavy atom. The van der Waals surface area contributed by atoms with Gasteiger partial charge in [-0.05, 0) is 14.7 Å². The molecule has 0 radical (unpaired) electrons. The summed E-state index contributed by atoms with van der Waals surface area (Å²) in [7, 11) is -4.11. The van der Waals surface area contributed by atoms with Gasteiger partial charge < -0.3 is 0 Å². The maximum Gasteiger partial charge on any atom is 0.0501 e. The van der Waals surface area contributed by atoms with Crippen LogP contribution in [0.4, 0.5) is 0 Å². The lowest BCUT2D eigenvalue weighted by Crippen LogP contribution is -2.51. The summed E-state index contributed by atoms with van der Waals surface area (Å²) in [5.74, 6) is 0. The molecule has 0 amide bonds. The van der Waals surface area contributed by atoms with Crippen molar-refractivity contribution >= 4 is 32.3 Å². The van der Waals surface area contributed by atoms with Gasteiger partial charge in [0, 0.05) is 16.1 Å². The van der Waals surface area contributed by atoms with E-state index in [1.807, 2.05) is 0 Å². The third-order valence-electron chi connectivity index (χ3n) is 9.06. The van der Waals surface area contributed by atoms with Crippen LogP contribution >= 0.6 is 0 Å². The summed E-state index contributed by atoms with van der Waals surface area (Å²) < 4.78 is 0.653. The summed E-state index contributed by atoms with van der Waals surface area (Å²) in [4.78, 5) is 0. The monoisotopic (exact) mass is 418 g/mol. The molecule has 0 aliphatic heterocycles. The van der Waals surface area contributed by atoms with Crippen molar-refractivity contribution in [1.29, 1.82) is 0 Å². The number of hydrogen-bond donors (Lipinski definition) is 0. The fourth-order valence-electron chi connectivity index (χ4n) is 3.00. The molecule has 0 aromatic carbocycles. The van der Waals surface area contributed by atoms with Crippen molar-refractivity contribution < 1.29 is 0 Å². The maximum absolute atomic E-state index is 2.51. The van der Waals surface area contributed by atoms with Gasteiger partial charge in [0.05, 0.1) is 16.1 Å². The Kier molecular flexibility index (Phi) is 8.66. The zero-order chi connectivity index (χ0) is 21.5. The SMILES string of the molecule is CC(C)(C(C)(C)[Si](C)(C)C)[Si](C)(C)C.CC(C)([Si](C)(C)C)[Si](C)(C)C. The van der Waals surface area contributed by atoms with Crippen molar-refractivity contribution in [3.8, 4) is 0 Å². The molecule has 4 heteroatoms. The van der Waals surface area contributed by atoms with E-state index in [9.17, 15) is 0 Å². The molecular weight excluding hydrogens is 365 g/mol. The second-order valence-corrected chi connectivity index (χ2v) is 37.4. The van der Waals surface area contributed by atoms with E-state index in [0.29, 0.717) is 14.7 Å². The molecule has 0 aliphatic rings. The highest BCUT2D eigenvalue weighted by Crippen LogP contribution is 2.61. The number of hydrogen-bond acceptors (Lipinski definition) is 0. The van der Waals surface area contributed by atoms with E-state index in [1.54, 1.807) is 0 Å². The molecule has 0 rings (SSSR count). The van der Waals surface area contributed by atoms with Crippen molar-refractivity contribution in [3.05, 3.63) is 0 Å². The topological polar surface area (TPSA) is 0 Å². The lowest BCUT2D eigenvalue weighted by atomic mass is 9.97. The van der Waals surface area contributed by atoms with Crippen molar-refractivity contribution in [2.24, 2.45) is 0 Å². The van der Waals surface area contributed by atoms with Gasteiger partial charge in [-0.3, -0.25) is 0 Å². The first-order valence-electron chi connectivity index (χ1n) is 10.2. The summed E-state index contributed by atoms with van der Waals surface area (Å²) in [5, 5.41) is 1.04. The highest BCUT2D eigenvalue weighted by atomic mass is 28.4. The molecule has 0 spiro atoms. The van der Waals surface area contributed by atoms with E-state index < -0.39 is 32.3 Å². The van der Waals surface area contributed by atoms with E-state index >= 15 is 0 Å². The van der Waals surface area contributed by atoms with Crippen LogP contribution in [0.1, 0.15) is 41.5 Å². The van der Waals surface area contributed by atoms with E-state index in [1.165, 1.54) is 0 Å². The van der Waals surface area contributed by atoms with Crippen molar-refractivity contribution in [1.82, 2.24) is 0 Å². The Hall–Kier alpha value is 0.868. The van der Waals surface area contributed by atoms with E-state index in [2.05, 4.69) is 120 Å². The van der Waals surface area contributed by atoms with Crippen LogP contribution < -0.4 is 0 Å². The molecule has 0 saturated carbocycles. The predicted octanol–water partition coefficient (Wildman–Crippen LogP) is 9.21. The third-order valence-corrected chi connectivity index (χ3v) is 30.1. The van der Waals surface area contributed by atoms with Crippen LogP contribution in [0.25, 0.3) is 0 Å². The van der Waals surface area contributed by atoms with Crippen molar-refractivity contribution in [3.63, 3.8) is 0 Å². The third kappa shape index (κ3) is 6.18. The Labute approximate surface area is 167 Å². The Morgan fingerprint density at radius 1 is 0.320 bits per heavy atom. The van der Waals surface area contributed by atoms with Crippen LogP contribution in [-0.4, -0.2) is 32.3 Å². The van der Waals surface area contributed by atoms with Crippen LogP contribution in [0.2, 0.25) is 93.3 Å². The van der Waals surface area contributed by atoms with E-state index in [0.717, 1.165) is 0 Å². The molecule has 0 aliphatic carbocycles. The largest absolute Gasteiger partial charge is 0.0694 e. The molecule has 0 N–H and O–H groups in total. The minimum Gasteiger partial charge on any atom is -0.0694 e. The predicted molar refractivity (Wildman–Crippen MR) is 136 cm³/mol. The highest BCUT2D eigenvalue weighted by molar-refractivity contribution is 6.98. The van der Waals surface area contributed by atoms with Crippen LogP contribution in [-0.2, 0) is 0 Å². The standard InChI is InChI=1S/C12H30Si2.C9H24Si2/c1-11(2,13(5,6)7)12(3,4)14(8,9)10;1-9(2,10(3,4)5)11(6,7)8/h1-10H3;1-8H3. The molecule has 0 aromatic heterocycles. The van der Waals surface area contributed by atoms with Crippen LogP contribution in [0.15, 0.2) is 0 Å². The summed E-state index contributed by atoms with van der Waals surface area (Å²) in [5.41, 5.74) is 0. The second kappa shape index (κ2) is 7.71. The summed E-state index contributed by atoms with van der Waals surface area (Å²) >= 11 is 0. The minimum atomic E-state index is -1.10. The fraction of sp³-hybridized carbons (Fsp3) is 1.00. The lowest BCUT2D eigenvalue weighted by molar-refractivity contribution is 0.462. The van der Waals surface area contributed by atoms with Crippen molar-refractivity contribution in [2.45, 2.75) is 135 Å². The molecule has 0 nitrogen and oxygen atoms in total. The quantitative estimate of drug-likeness (QED) is 0.390. The van der Waals surface area contributed by atoms with Gasteiger partial charge in [-0.15, -0.1) is 0 Å². The van der Waals surface area contributed by atoms with Gasteiger partial charge in [-0.2, -0.15) is 0 Å². The van der Waals surface area contributed by atoms with Gasteiger partial charge in [0.25, 0.3) is 0 Å². The molecule has 0 atom stereocenters. The summed E-state index contributed by atoms with van der Waals surface area (Å²) in [6.45, 7) is 44.9. The van der Waals surface area contributed by atoms with Gasteiger partial charge in [0.1, 0.15) is 0 Å².